The molecule has 1 aliphatic rings. The van der Waals surface area contributed by atoms with Crippen molar-refractivity contribution in [3.63, 3.8) is 0 Å². The van der Waals surface area contributed by atoms with Gasteiger partial charge < -0.3 is 25.4 Å². The third-order valence-electron chi connectivity index (χ3n) is 5.29. The fourth-order valence-electron chi connectivity index (χ4n) is 3.46. The topological polar surface area (TPSA) is 142 Å². The smallest absolute Gasteiger partial charge is 0.434 e. The summed E-state index contributed by atoms with van der Waals surface area (Å²) in [6, 6.07) is 3.18. The van der Waals surface area contributed by atoms with E-state index in [-0.39, 0.29) is 17.3 Å². The first kappa shape index (κ1) is 25.1. The summed E-state index contributed by atoms with van der Waals surface area (Å²) < 4.78 is 47.8. The fourth-order valence-corrected chi connectivity index (χ4v) is 4.26. The van der Waals surface area contributed by atoms with E-state index in [0.29, 0.717) is 54.6 Å². The molecule has 0 unspecified atom stereocenters. The molecule has 4 rings (SSSR count). The maximum atomic E-state index is 12.9. The zero-order valence-electron chi connectivity index (χ0n) is 18.7. The van der Waals surface area contributed by atoms with Crippen molar-refractivity contribution < 1.29 is 32.6 Å². The Morgan fingerprint density at radius 3 is 2.64 bits per heavy atom. The Kier molecular flexibility index (Phi) is 7.19. The van der Waals surface area contributed by atoms with Gasteiger partial charge in [-0.25, -0.2) is 19.7 Å². The quantitative estimate of drug-likeness (QED) is 0.418. The SMILES string of the molecule is Cc1nsc(Nc2cnc(C(F)(F)F)cn2)c1C(=O)Nc1ccc(OC[C@@H]2CCN(C(=O)O)C2)nc1. The molecule has 1 saturated heterocycles. The van der Waals surface area contributed by atoms with Gasteiger partial charge in [-0.3, -0.25) is 4.79 Å². The van der Waals surface area contributed by atoms with Crippen LogP contribution in [0.25, 0.3) is 0 Å². The number of halogens is 3. The molecular formula is C21H20F3N7O4S. The molecule has 0 radical (unpaired) electrons. The predicted molar refractivity (Wildman–Crippen MR) is 123 cm³/mol. The summed E-state index contributed by atoms with van der Waals surface area (Å²) >= 11 is 0.955. The molecule has 1 aliphatic heterocycles. The fraction of sp³-hybridized carbons (Fsp3) is 0.333. The third-order valence-corrected chi connectivity index (χ3v) is 6.15. The number of hydrogen-bond donors (Lipinski definition) is 3. The van der Waals surface area contributed by atoms with E-state index in [4.69, 9.17) is 9.84 Å². The minimum atomic E-state index is -4.61. The second-order valence-electron chi connectivity index (χ2n) is 7.92. The van der Waals surface area contributed by atoms with Gasteiger partial charge in [-0.05, 0) is 30.9 Å². The number of carbonyl (C=O) groups is 2. The van der Waals surface area contributed by atoms with Gasteiger partial charge in [0.15, 0.2) is 5.69 Å². The minimum Gasteiger partial charge on any atom is -0.477 e. The Hall–Kier alpha value is -4.01. The molecule has 4 heterocycles. The van der Waals surface area contributed by atoms with Gasteiger partial charge in [-0.1, -0.05) is 0 Å². The van der Waals surface area contributed by atoms with Crippen molar-refractivity contribution in [3.05, 3.63) is 47.7 Å². The lowest BCUT2D eigenvalue weighted by molar-refractivity contribution is -0.141. The van der Waals surface area contributed by atoms with Gasteiger partial charge in [-0.2, -0.15) is 17.5 Å². The lowest BCUT2D eigenvalue weighted by Gasteiger charge is -2.13. The van der Waals surface area contributed by atoms with Gasteiger partial charge in [0.05, 0.1) is 42.1 Å². The van der Waals surface area contributed by atoms with Crippen molar-refractivity contribution in [2.45, 2.75) is 19.5 Å². The monoisotopic (exact) mass is 523 g/mol. The van der Waals surface area contributed by atoms with Crippen molar-refractivity contribution >= 4 is 40.0 Å². The second kappa shape index (κ2) is 10.3. The highest BCUT2D eigenvalue weighted by molar-refractivity contribution is 7.10. The summed E-state index contributed by atoms with van der Waals surface area (Å²) in [7, 11) is 0. The maximum Gasteiger partial charge on any atom is 0.434 e. The van der Waals surface area contributed by atoms with E-state index in [2.05, 4.69) is 30.0 Å². The number of carboxylic acid groups (broad SMARTS) is 1. The highest BCUT2D eigenvalue weighted by Crippen LogP contribution is 2.30. The van der Waals surface area contributed by atoms with Crippen LogP contribution in [0.4, 0.5) is 34.5 Å². The Bertz CT molecular complexity index is 1240. The Morgan fingerprint density at radius 1 is 1.22 bits per heavy atom. The molecule has 3 aromatic rings. The van der Waals surface area contributed by atoms with Gasteiger partial charge in [0.1, 0.15) is 10.8 Å². The highest BCUT2D eigenvalue weighted by atomic mass is 32.1. The first-order valence-electron chi connectivity index (χ1n) is 10.6. The molecule has 2 amide bonds. The standard InChI is InChI=1S/C21H20F3N7O4S/c1-11-17(19(36-30-11)29-15-8-25-14(7-26-15)21(22,23)24)18(32)28-13-2-3-16(27-6-13)35-10-12-4-5-31(9-12)20(33)34/h2-3,6-8,12H,4-5,9-10H2,1H3,(H,26,29)(H,28,32)(H,33,34)/t12-/m1/s1. The van der Waals surface area contributed by atoms with E-state index in [9.17, 15) is 22.8 Å². The van der Waals surface area contributed by atoms with Gasteiger partial charge in [0, 0.05) is 25.1 Å². The second-order valence-corrected chi connectivity index (χ2v) is 8.69. The molecule has 11 nitrogen and oxygen atoms in total. The number of pyridine rings is 1. The van der Waals surface area contributed by atoms with Crippen molar-refractivity contribution in [3.8, 4) is 5.88 Å². The van der Waals surface area contributed by atoms with Gasteiger partial charge in [-0.15, -0.1) is 0 Å². The number of ether oxygens (including phenoxy) is 1. The van der Waals surface area contributed by atoms with Crippen molar-refractivity contribution in [1.82, 2.24) is 24.2 Å². The van der Waals surface area contributed by atoms with Gasteiger partial charge in [0.25, 0.3) is 5.91 Å². The number of nitrogens with zero attached hydrogens (tertiary/aromatic N) is 5. The maximum absolute atomic E-state index is 12.9. The van der Waals surface area contributed by atoms with Crippen LogP contribution in [0.5, 0.6) is 5.88 Å². The first-order chi connectivity index (χ1) is 17.1. The van der Waals surface area contributed by atoms with Crippen LogP contribution >= 0.6 is 11.5 Å². The van der Waals surface area contributed by atoms with Crippen LogP contribution in [-0.4, -0.2) is 61.0 Å². The molecule has 0 saturated carbocycles. The minimum absolute atomic E-state index is 0.0256. The predicted octanol–water partition coefficient (Wildman–Crippen LogP) is 4.03. The van der Waals surface area contributed by atoms with Crippen LogP contribution in [0.1, 0.15) is 28.2 Å². The molecule has 0 spiro atoms. The lowest BCUT2D eigenvalue weighted by Crippen LogP contribution is -2.27. The number of aryl methyl sites for hydroxylation is 1. The molecular weight excluding hydrogens is 503 g/mol. The van der Waals surface area contributed by atoms with Crippen molar-refractivity contribution in [1.29, 1.82) is 0 Å². The van der Waals surface area contributed by atoms with Crippen molar-refractivity contribution in [2.24, 2.45) is 5.92 Å². The molecule has 3 aromatic heterocycles. The van der Waals surface area contributed by atoms with E-state index in [1.807, 2.05) is 0 Å². The number of rotatable bonds is 7. The molecule has 36 heavy (non-hydrogen) atoms. The molecule has 0 aliphatic carbocycles. The normalized spacial score (nSPS) is 15.6. The van der Waals surface area contributed by atoms with E-state index in [1.54, 1.807) is 19.1 Å². The van der Waals surface area contributed by atoms with Crippen LogP contribution in [0, 0.1) is 12.8 Å². The largest absolute Gasteiger partial charge is 0.477 e. The van der Waals surface area contributed by atoms with E-state index in [0.717, 1.165) is 17.7 Å². The zero-order valence-corrected chi connectivity index (χ0v) is 19.6. The molecule has 1 atom stereocenters. The van der Waals surface area contributed by atoms with E-state index < -0.39 is 23.9 Å². The number of aromatic nitrogens is 4. The molecule has 0 aromatic carbocycles. The number of nitrogens with one attached hydrogen (secondary N) is 2. The van der Waals surface area contributed by atoms with Crippen LogP contribution in [0.2, 0.25) is 0 Å². The summed E-state index contributed by atoms with van der Waals surface area (Å²) in [5, 5.41) is 14.8. The van der Waals surface area contributed by atoms with Crippen molar-refractivity contribution in [2.75, 3.05) is 30.3 Å². The lowest BCUT2D eigenvalue weighted by atomic mass is 10.1. The summed E-state index contributed by atoms with van der Waals surface area (Å²) in [5.41, 5.74) is -0.126. The number of anilines is 3. The molecule has 190 valence electrons. The first-order valence-corrected chi connectivity index (χ1v) is 11.4. The number of hydrogen-bond acceptors (Lipinski definition) is 9. The summed E-state index contributed by atoms with van der Waals surface area (Å²) in [6.07, 6.45) is -1.91. The Balaban J connectivity index is 1.35. The number of carbonyl (C=O) groups excluding carboxylic acids is 1. The zero-order chi connectivity index (χ0) is 25.9. The molecule has 1 fully saturated rings. The average Bonchev–Trinajstić information content (AvgIpc) is 3.45. The van der Waals surface area contributed by atoms with E-state index >= 15 is 0 Å². The summed E-state index contributed by atoms with van der Waals surface area (Å²) in [5.74, 6) is -0.0635. The van der Waals surface area contributed by atoms with E-state index in [1.165, 1.54) is 11.1 Å². The summed E-state index contributed by atoms with van der Waals surface area (Å²) in [6.45, 7) is 2.83. The highest BCUT2D eigenvalue weighted by Gasteiger charge is 2.33. The average molecular weight is 523 g/mol. The molecule has 15 heteroatoms. The Morgan fingerprint density at radius 2 is 2.03 bits per heavy atom. The van der Waals surface area contributed by atoms with Crippen LogP contribution in [0.3, 0.4) is 0 Å². The number of alkyl halides is 3. The van der Waals surface area contributed by atoms with Gasteiger partial charge in [0.2, 0.25) is 5.88 Å². The molecule has 0 bridgehead atoms. The Labute approximate surface area is 206 Å². The number of amides is 2. The van der Waals surface area contributed by atoms with Crippen LogP contribution in [0.15, 0.2) is 30.7 Å². The molecule has 3 N–H and O–H groups in total. The van der Waals surface area contributed by atoms with Crippen LogP contribution in [-0.2, 0) is 6.18 Å². The van der Waals surface area contributed by atoms with Crippen LogP contribution < -0.4 is 15.4 Å². The third kappa shape index (κ3) is 5.97. The van der Waals surface area contributed by atoms with Gasteiger partial charge >= 0.3 is 12.3 Å². The number of likely N-dealkylation sites (tertiary alicyclic amines) is 1. The summed E-state index contributed by atoms with van der Waals surface area (Å²) in [4.78, 5) is 36.4.